The van der Waals surface area contributed by atoms with Crippen LogP contribution in [0.3, 0.4) is 0 Å². The molecular weight excluding hydrogens is 363 g/mol. The zero-order chi connectivity index (χ0) is 18.9. The topological polar surface area (TPSA) is 80.5 Å². The number of aromatic nitrogens is 4. The number of anilines is 1. The van der Waals surface area contributed by atoms with E-state index >= 15 is 0 Å². The van der Waals surface area contributed by atoms with E-state index in [0.717, 1.165) is 25.1 Å². The second kappa shape index (κ2) is 7.14. The van der Waals surface area contributed by atoms with Gasteiger partial charge in [-0.15, -0.1) is 0 Å². The molecule has 3 aromatic heterocycles. The van der Waals surface area contributed by atoms with Crippen LogP contribution < -0.4 is 5.73 Å². The van der Waals surface area contributed by atoms with E-state index in [-0.39, 0.29) is 0 Å². The maximum absolute atomic E-state index is 13.0. The van der Waals surface area contributed by atoms with E-state index in [9.17, 15) is 13.2 Å². The standard InChI is InChI=1S/C17H18F3N5S/c1-3-4-9(2)26-16-24-8-13(21)14(25-16)12-7-23-15-11(12)5-10(6-22-15)17(18,19)20/h5-9H,3-4,21H2,1-2H3,(H,22,23). The minimum absolute atomic E-state index is 0.302. The fourth-order valence-corrected chi connectivity index (χ4v) is 3.62. The molecule has 0 aliphatic rings. The lowest BCUT2D eigenvalue weighted by atomic mass is 10.1. The Morgan fingerprint density at radius 2 is 2.04 bits per heavy atom. The molecule has 1 unspecified atom stereocenters. The summed E-state index contributed by atoms with van der Waals surface area (Å²) in [5.74, 6) is 0. The van der Waals surface area contributed by atoms with Crippen LogP contribution in [-0.4, -0.2) is 25.2 Å². The fourth-order valence-electron chi connectivity index (χ4n) is 2.65. The molecule has 0 spiro atoms. The molecule has 0 amide bonds. The van der Waals surface area contributed by atoms with Crippen LogP contribution in [-0.2, 0) is 6.18 Å². The van der Waals surface area contributed by atoms with Gasteiger partial charge in [-0.05, 0) is 12.5 Å². The molecule has 0 fully saturated rings. The van der Waals surface area contributed by atoms with Crippen molar-refractivity contribution in [2.45, 2.75) is 43.3 Å². The Hall–Kier alpha value is -2.29. The highest BCUT2D eigenvalue weighted by Crippen LogP contribution is 2.36. The minimum Gasteiger partial charge on any atom is -0.396 e. The van der Waals surface area contributed by atoms with E-state index < -0.39 is 11.7 Å². The van der Waals surface area contributed by atoms with Gasteiger partial charge >= 0.3 is 6.18 Å². The average Bonchev–Trinajstić information content (AvgIpc) is 2.99. The largest absolute Gasteiger partial charge is 0.417 e. The summed E-state index contributed by atoms with van der Waals surface area (Å²) in [6.07, 6.45) is 1.46. The lowest BCUT2D eigenvalue weighted by molar-refractivity contribution is -0.137. The Bertz CT molecular complexity index is 922. The van der Waals surface area contributed by atoms with Crippen molar-refractivity contribution in [3.63, 3.8) is 0 Å². The van der Waals surface area contributed by atoms with Crippen molar-refractivity contribution in [3.05, 3.63) is 30.2 Å². The normalized spacial score (nSPS) is 13.3. The van der Waals surface area contributed by atoms with E-state index in [2.05, 4.69) is 33.8 Å². The fraction of sp³-hybridized carbons (Fsp3) is 0.353. The summed E-state index contributed by atoms with van der Waals surface area (Å²) < 4.78 is 39.0. The molecule has 5 nitrogen and oxygen atoms in total. The predicted molar refractivity (Wildman–Crippen MR) is 96.8 cm³/mol. The van der Waals surface area contributed by atoms with E-state index in [0.29, 0.717) is 38.4 Å². The molecule has 3 heterocycles. The van der Waals surface area contributed by atoms with Crippen LogP contribution in [0.4, 0.5) is 18.9 Å². The molecule has 0 radical (unpaired) electrons. The van der Waals surface area contributed by atoms with Crippen molar-refractivity contribution in [1.82, 2.24) is 19.9 Å². The first-order chi connectivity index (χ1) is 12.3. The van der Waals surface area contributed by atoms with Crippen molar-refractivity contribution >= 4 is 28.5 Å². The molecule has 3 N–H and O–H groups in total. The maximum Gasteiger partial charge on any atom is 0.417 e. The van der Waals surface area contributed by atoms with Gasteiger partial charge in [0.2, 0.25) is 0 Å². The number of hydrogen-bond donors (Lipinski definition) is 2. The number of nitrogens with two attached hydrogens (primary N) is 1. The summed E-state index contributed by atoms with van der Waals surface area (Å²) >= 11 is 1.52. The molecule has 9 heteroatoms. The quantitative estimate of drug-likeness (QED) is 0.485. The highest BCUT2D eigenvalue weighted by Gasteiger charge is 2.31. The highest BCUT2D eigenvalue weighted by atomic mass is 32.2. The molecule has 3 rings (SSSR count). The number of halogens is 3. The van der Waals surface area contributed by atoms with E-state index in [4.69, 9.17) is 5.73 Å². The predicted octanol–water partition coefficient (Wildman–Crippen LogP) is 4.90. The summed E-state index contributed by atoms with van der Waals surface area (Å²) in [7, 11) is 0. The molecule has 0 aliphatic heterocycles. The second-order valence-corrected chi connectivity index (χ2v) is 7.40. The van der Waals surface area contributed by atoms with Crippen LogP contribution in [0.15, 0.2) is 29.8 Å². The zero-order valence-electron chi connectivity index (χ0n) is 14.3. The minimum atomic E-state index is -4.47. The lowest BCUT2D eigenvalue weighted by Crippen LogP contribution is -2.05. The van der Waals surface area contributed by atoms with E-state index in [1.54, 1.807) is 6.20 Å². The zero-order valence-corrected chi connectivity index (χ0v) is 15.1. The number of H-pyrrole nitrogens is 1. The SMILES string of the molecule is CCCC(C)Sc1ncc(N)c(-c2c[nH]c3ncc(C(F)(F)F)cc23)n1. The van der Waals surface area contributed by atoms with Crippen LogP contribution in [0.5, 0.6) is 0 Å². The third-order valence-electron chi connectivity index (χ3n) is 3.91. The van der Waals surface area contributed by atoms with Gasteiger partial charge in [0, 0.05) is 28.6 Å². The molecule has 26 heavy (non-hydrogen) atoms. The summed E-state index contributed by atoms with van der Waals surface area (Å²) in [4.78, 5) is 15.4. The van der Waals surface area contributed by atoms with Crippen molar-refractivity contribution in [2.75, 3.05) is 5.73 Å². The van der Waals surface area contributed by atoms with Gasteiger partial charge in [0.05, 0.1) is 23.1 Å². The average molecular weight is 381 g/mol. The summed E-state index contributed by atoms with van der Waals surface area (Å²) in [5, 5.41) is 1.20. The highest BCUT2D eigenvalue weighted by molar-refractivity contribution is 7.99. The summed E-state index contributed by atoms with van der Waals surface area (Å²) in [6.45, 7) is 4.18. The smallest absolute Gasteiger partial charge is 0.396 e. The number of rotatable bonds is 5. The molecule has 0 saturated heterocycles. The van der Waals surface area contributed by atoms with Crippen LogP contribution in [0.25, 0.3) is 22.3 Å². The number of fused-ring (bicyclic) bond motifs is 1. The number of nitrogens with zero attached hydrogens (tertiary/aromatic N) is 3. The van der Waals surface area contributed by atoms with Crippen LogP contribution in [0.1, 0.15) is 32.3 Å². The lowest BCUT2D eigenvalue weighted by Gasteiger charge is -2.10. The molecule has 1 atom stereocenters. The molecule has 0 saturated carbocycles. The maximum atomic E-state index is 13.0. The van der Waals surface area contributed by atoms with Gasteiger partial charge in [-0.25, -0.2) is 15.0 Å². The van der Waals surface area contributed by atoms with Crippen molar-refractivity contribution < 1.29 is 13.2 Å². The van der Waals surface area contributed by atoms with Crippen LogP contribution in [0.2, 0.25) is 0 Å². The van der Waals surface area contributed by atoms with Gasteiger partial charge in [-0.2, -0.15) is 13.2 Å². The van der Waals surface area contributed by atoms with Gasteiger partial charge in [-0.1, -0.05) is 32.0 Å². The number of nitrogens with one attached hydrogen (secondary N) is 1. The first-order valence-electron chi connectivity index (χ1n) is 8.13. The molecule has 3 aromatic rings. The Morgan fingerprint density at radius 1 is 1.27 bits per heavy atom. The van der Waals surface area contributed by atoms with Crippen molar-refractivity contribution in [1.29, 1.82) is 0 Å². The number of pyridine rings is 1. The van der Waals surface area contributed by atoms with Crippen molar-refractivity contribution in [2.24, 2.45) is 0 Å². The van der Waals surface area contributed by atoms with E-state index in [1.807, 2.05) is 0 Å². The first kappa shape index (κ1) is 18.5. The molecule has 0 aliphatic carbocycles. The van der Waals surface area contributed by atoms with Gasteiger partial charge in [-0.3, -0.25) is 0 Å². The second-order valence-electron chi connectivity index (χ2n) is 5.99. The number of thioether (sulfide) groups is 1. The Balaban J connectivity index is 2.05. The number of hydrogen-bond acceptors (Lipinski definition) is 5. The van der Waals surface area contributed by atoms with E-state index in [1.165, 1.54) is 18.0 Å². The Labute approximate surface area is 152 Å². The van der Waals surface area contributed by atoms with Gasteiger partial charge in [0.25, 0.3) is 0 Å². The molecular formula is C17H18F3N5S. The van der Waals surface area contributed by atoms with Gasteiger partial charge in [0.1, 0.15) is 5.65 Å². The van der Waals surface area contributed by atoms with Gasteiger partial charge in [0.15, 0.2) is 5.16 Å². The molecule has 138 valence electrons. The van der Waals surface area contributed by atoms with Crippen molar-refractivity contribution in [3.8, 4) is 11.3 Å². The number of aromatic amines is 1. The summed E-state index contributed by atoms with van der Waals surface area (Å²) in [6, 6.07) is 1.06. The third-order valence-corrected chi connectivity index (χ3v) is 4.96. The third kappa shape index (κ3) is 3.77. The summed E-state index contributed by atoms with van der Waals surface area (Å²) in [5.41, 5.74) is 6.70. The number of alkyl halides is 3. The van der Waals surface area contributed by atoms with Crippen LogP contribution >= 0.6 is 11.8 Å². The Kier molecular flexibility index (Phi) is 5.08. The first-order valence-corrected chi connectivity index (χ1v) is 9.01. The Morgan fingerprint density at radius 3 is 2.73 bits per heavy atom. The number of nitrogen functional groups attached to an aromatic ring is 1. The molecule has 0 aromatic carbocycles. The molecule has 0 bridgehead atoms. The monoisotopic (exact) mass is 381 g/mol. The van der Waals surface area contributed by atoms with Crippen LogP contribution in [0, 0.1) is 0 Å². The van der Waals surface area contributed by atoms with Gasteiger partial charge < -0.3 is 10.7 Å².